The molecule has 0 atom stereocenters. The van der Waals surface area contributed by atoms with Crippen LogP contribution in [0.3, 0.4) is 0 Å². The van der Waals surface area contributed by atoms with Crippen LogP contribution in [0.5, 0.6) is 0 Å². The topological polar surface area (TPSA) is 123 Å². The van der Waals surface area contributed by atoms with Gasteiger partial charge in [-0.05, 0) is 88.8 Å². The molecule has 0 unspecified atom stereocenters. The molecule has 2 aromatic carbocycles. The first-order valence-corrected chi connectivity index (χ1v) is 14.9. The van der Waals surface area contributed by atoms with E-state index in [4.69, 9.17) is 0 Å². The average Bonchev–Trinajstić information content (AvgIpc) is 3.35. The zero-order valence-corrected chi connectivity index (χ0v) is 23.9. The molecular weight excluding hydrogens is 540 g/mol. The third kappa shape index (κ3) is 4.81. The smallest absolute Gasteiger partial charge is 0.313 e. The van der Waals surface area contributed by atoms with Gasteiger partial charge in [0.2, 0.25) is 0 Å². The SMILES string of the molecule is Cc1ccc(S(=O)(=O)n2cc(-c3ccc4nc(C)c([N+](=O)[O-])c(NC5CCN(C)CC5)c4c3)c3cccnc32)cc1. The monoisotopic (exact) mass is 570 g/mol. The fraction of sp³-hybridized carbons (Fsp3) is 0.267. The second-order valence-corrected chi connectivity index (χ2v) is 12.5. The van der Waals surface area contributed by atoms with E-state index in [0.717, 1.165) is 31.5 Å². The van der Waals surface area contributed by atoms with E-state index >= 15 is 0 Å². The Labute approximate surface area is 237 Å². The van der Waals surface area contributed by atoms with Gasteiger partial charge in [0.15, 0.2) is 5.65 Å². The number of pyridine rings is 2. The van der Waals surface area contributed by atoms with Crippen molar-refractivity contribution in [2.45, 2.75) is 37.6 Å². The lowest BCUT2D eigenvalue weighted by Gasteiger charge is -2.30. The van der Waals surface area contributed by atoms with Crippen LogP contribution in [0, 0.1) is 24.0 Å². The van der Waals surface area contributed by atoms with Crippen molar-refractivity contribution < 1.29 is 13.3 Å². The van der Waals surface area contributed by atoms with E-state index in [9.17, 15) is 18.5 Å². The van der Waals surface area contributed by atoms with Gasteiger partial charge < -0.3 is 10.2 Å². The fourth-order valence-electron chi connectivity index (χ4n) is 5.54. The van der Waals surface area contributed by atoms with Crippen LogP contribution < -0.4 is 5.32 Å². The number of anilines is 1. The molecule has 0 bridgehead atoms. The van der Waals surface area contributed by atoms with E-state index in [-0.39, 0.29) is 21.5 Å². The first kappa shape index (κ1) is 26.9. The second-order valence-electron chi connectivity index (χ2n) is 10.7. The molecule has 11 heteroatoms. The van der Waals surface area contributed by atoms with Crippen LogP contribution in [0.4, 0.5) is 11.4 Å². The Bertz CT molecular complexity index is 1910. The van der Waals surface area contributed by atoms with Gasteiger partial charge in [-0.15, -0.1) is 0 Å². The number of likely N-dealkylation sites (tertiary alicyclic amines) is 1. The lowest BCUT2D eigenvalue weighted by molar-refractivity contribution is -0.384. The Morgan fingerprint density at radius 3 is 2.46 bits per heavy atom. The predicted octanol–water partition coefficient (Wildman–Crippen LogP) is 5.52. The summed E-state index contributed by atoms with van der Waals surface area (Å²) in [4.78, 5) is 23.2. The third-order valence-electron chi connectivity index (χ3n) is 7.80. The molecule has 0 amide bonds. The normalized spacial score (nSPS) is 15.0. The van der Waals surface area contributed by atoms with Gasteiger partial charge in [-0.25, -0.2) is 22.4 Å². The highest BCUT2D eigenvalue weighted by molar-refractivity contribution is 7.90. The van der Waals surface area contributed by atoms with Crippen LogP contribution in [-0.2, 0) is 10.0 Å². The van der Waals surface area contributed by atoms with Crippen LogP contribution in [-0.4, -0.2) is 58.4 Å². The maximum atomic E-state index is 13.7. The molecule has 0 saturated carbocycles. The van der Waals surface area contributed by atoms with Crippen molar-refractivity contribution in [2.75, 3.05) is 25.5 Å². The zero-order valence-electron chi connectivity index (χ0n) is 23.0. The minimum absolute atomic E-state index is 0.0420. The summed E-state index contributed by atoms with van der Waals surface area (Å²) in [5, 5.41) is 17.0. The molecule has 3 aromatic heterocycles. The number of nitro groups is 1. The van der Waals surface area contributed by atoms with Gasteiger partial charge in [0.1, 0.15) is 11.4 Å². The number of nitrogens with zero attached hydrogens (tertiary/aromatic N) is 5. The largest absolute Gasteiger partial charge is 0.376 e. The molecule has 1 saturated heterocycles. The molecule has 1 fully saturated rings. The van der Waals surface area contributed by atoms with Crippen molar-refractivity contribution in [3.05, 3.63) is 88.4 Å². The number of hydrogen-bond acceptors (Lipinski definition) is 8. The Kier molecular flexibility index (Phi) is 6.71. The quantitative estimate of drug-likeness (QED) is 0.209. The predicted molar refractivity (Wildman–Crippen MR) is 160 cm³/mol. The van der Waals surface area contributed by atoms with E-state index in [1.807, 2.05) is 31.2 Å². The summed E-state index contributed by atoms with van der Waals surface area (Å²) >= 11 is 0. The lowest BCUT2D eigenvalue weighted by atomic mass is 10.00. The molecule has 5 aromatic rings. The van der Waals surface area contributed by atoms with Gasteiger partial charge in [-0.2, -0.15) is 0 Å². The number of hydrogen-bond donors (Lipinski definition) is 1. The zero-order chi connectivity index (χ0) is 28.9. The van der Waals surface area contributed by atoms with Crippen molar-refractivity contribution in [3.8, 4) is 11.1 Å². The minimum atomic E-state index is -3.93. The average molecular weight is 571 g/mol. The summed E-state index contributed by atoms with van der Waals surface area (Å²) < 4.78 is 28.6. The number of aryl methyl sites for hydroxylation is 2. The van der Waals surface area contributed by atoms with Gasteiger partial charge in [0.25, 0.3) is 10.0 Å². The summed E-state index contributed by atoms with van der Waals surface area (Å²) in [6.45, 7) is 5.36. The number of aromatic nitrogens is 3. The molecule has 0 radical (unpaired) electrons. The van der Waals surface area contributed by atoms with Gasteiger partial charge >= 0.3 is 5.69 Å². The minimum Gasteiger partial charge on any atom is -0.376 e. The first-order chi connectivity index (χ1) is 19.6. The molecule has 210 valence electrons. The summed E-state index contributed by atoms with van der Waals surface area (Å²) in [6, 6.07) is 15.9. The number of benzene rings is 2. The van der Waals surface area contributed by atoms with Crippen molar-refractivity contribution >= 4 is 43.3 Å². The number of fused-ring (bicyclic) bond motifs is 2. The standard InChI is InChI=1S/C30H30N6O4S/c1-19-6-9-23(10-7-19)41(39,40)35-18-26(24-5-4-14-31-30(24)35)21-8-11-27-25(17-21)28(29(36(37)38)20(2)32-27)33-22-12-15-34(3)16-13-22/h4-11,14,17-18,22H,12-13,15-16H2,1-3H3,(H,32,33). The molecule has 0 aliphatic carbocycles. The molecule has 1 aliphatic rings. The van der Waals surface area contributed by atoms with Crippen LogP contribution in [0.2, 0.25) is 0 Å². The summed E-state index contributed by atoms with van der Waals surface area (Å²) in [7, 11) is -1.86. The Hall–Kier alpha value is -4.35. The molecule has 0 spiro atoms. The molecule has 6 rings (SSSR count). The number of piperidine rings is 1. The molecule has 4 heterocycles. The maximum absolute atomic E-state index is 13.7. The second kappa shape index (κ2) is 10.2. The number of rotatable bonds is 6. The van der Waals surface area contributed by atoms with Crippen LogP contribution >= 0.6 is 0 Å². The van der Waals surface area contributed by atoms with E-state index in [2.05, 4.69) is 27.2 Å². The van der Waals surface area contributed by atoms with Crippen LogP contribution in [0.15, 0.2) is 71.9 Å². The highest BCUT2D eigenvalue weighted by Gasteiger charge is 2.27. The van der Waals surface area contributed by atoms with Crippen molar-refractivity contribution in [1.82, 2.24) is 18.8 Å². The molecular formula is C30H30N6O4S. The molecule has 10 nitrogen and oxygen atoms in total. The Morgan fingerprint density at radius 2 is 1.76 bits per heavy atom. The van der Waals surface area contributed by atoms with E-state index in [0.29, 0.717) is 44.4 Å². The van der Waals surface area contributed by atoms with Gasteiger partial charge in [0, 0.05) is 34.8 Å². The highest BCUT2D eigenvalue weighted by atomic mass is 32.2. The first-order valence-electron chi connectivity index (χ1n) is 13.5. The van der Waals surface area contributed by atoms with Crippen molar-refractivity contribution in [2.24, 2.45) is 0 Å². The van der Waals surface area contributed by atoms with E-state index in [1.54, 1.807) is 49.6 Å². The maximum Gasteiger partial charge on any atom is 0.313 e. The summed E-state index contributed by atoms with van der Waals surface area (Å²) in [5.74, 6) is 0. The Morgan fingerprint density at radius 1 is 1.02 bits per heavy atom. The van der Waals surface area contributed by atoms with Crippen LogP contribution in [0.25, 0.3) is 33.1 Å². The van der Waals surface area contributed by atoms with Crippen molar-refractivity contribution in [1.29, 1.82) is 0 Å². The highest BCUT2D eigenvalue weighted by Crippen LogP contribution is 2.39. The lowest BCUT2D eigenvalue weighted by Crippen LogP contribution is -2.36. The number of nitrogens with one attached hydrogen (secondary N) is 1. The Balaban J connectivity index is 1.53. The van der Waals surface area contributed by atoms with E-state index < -0.39 is 10.0 Å². The molecule has 1 N–H and O–H groups in total. The van der Waals surface area contributed by atoms with Crippen molar-refractivity contribution in [3.63, 3.8) is 0 Å². The van der Waals surface area contributed by atoms with Crippen LogP contribution in [0.1, 0.15) is 24.1 Å². The molecule has 41 heavy (non-hydrogen) atoms. The van der Waals surface area contributed by atoms with E-state index in [1.165, 1.54) is 3.97 Å². The summed E-state index contributed by atoms with van der Waals surface area (Å²) in [6.07, 6.45) is 4.87. The third-order valence-corrected chi connectivity index (χ3v) is 9.47. The molecule has 1 aliphatic heterocycles. The van der Waals surface area contributed by atoms with Gasteiger partial charge in [-0.3, -0.25) is 10.1 Å². The van der Waals surface area contributed by atoms with Gasteiger partial charge in [0.05, 0.1) is 15.3 Å². The fourth-order valence-corrected chi connectivity index (χ4v) is 6.86. The summed E-state index contributed by atoms with van der Waals surface area (Å²) in [5.41, 5.74) is 4.00. The van der Waals surface area contributed by atoms with Gasteiger partial charge in [-0.1, -0.05) is 23.8 Å².